The first-order valence-electron chi connectivity index (χ1n) is 10.5. The van der Waals surface area contributed by atoms with Crippen LogP contribution in [0.25, 0.3) is 0 Å². The van der Waals surface area contributed by atoms with Crippen LogP contribution in [-0.2, 0) is 4.79 Å². The van der Waals surface area contributed by atoms with Gasteiger partial charge < -0.3 is 20.7 Å². The van der Waals surface area contributed by atoms with Gasteiger partial charge in [-0.3, -0.25) is 14.7 Å². The Hall–Kier alpha value is -2.40. The first-order chi connectivity index (χ1) is 15.1. The summed E-state index contributed by atoms with van der Waals surface area (Å²) in [5.41, 5.74) is 1.72. The van der Waals surface area contributed by atoms with Crippen LogP contribution in [0.1, 0.15) is 24.4 Å². The van der Waals surface area contributed by atoms with E-state index >= 15 is 0 Å². The largest absolute Gasteiger partial charge is 0.497 e. The fourth-order valence-corrected chi connectivity index (χ4v) is 3.68. The minimum Gasteiger partial charge on any atom is -0.497 e. The van der Waals surface area contributed by atoms with Crippen molar-refractivity contribution in [1.29, 1.82) is 0 Å². The Kier molecular flexibility index (Phi) is 10.7. The zero-order valence-corrected chi connectivity index (χ0v) is 20.8. The molecule has 1 fully saturated rings. The summed E-state index contributed by atoms with van der Waals surface area (Å²) in [5.74, 6) is 0.797. The molecule has 0 aliphatic carbocycles. The van der Waals surface area contributed by atoms with Crippen LogP contribution in [0.5, 0.6) is 5.75 Å². The first-order valence-corrected chi connectivity index (χ1v) is 10.5. The number of nitrogens with one attached hydrogen (secondary N) is 3. The van der Waals surface area contributed by atoms with Gasteiger partial charge in [0.05, 0.1) is 19.7 Å². The number of likely N-dealkylation sites (tertiary alicyclic amines) is 1. The Balaban J connectivity index is 0.00000363. The van der Waals surface area contributed by atoms with Gasteiger partial charge in [-0.05, 0) is 67.9 Å². The highest BCUT2D eigenvalue weighted by Gasteiger charge is 2.24. The molecular formula is C23H31FIN5O2. The monoisotopic (exact) mass is 555 g/mol. The van der Waals surface area contributed by atoms with Crippen molar-refractivity contribution >= 4 is 41.5 Å². The lowest BCUT2D eigenvalue weighted by Crippen LogP contribution is -2.44. The number of halogens is 2. The number of nitrogens with zero attached hydrogens (tertiary/aromatic N) is 2. The molecule has 1 atom stereocenters. The Labute approximate surface area is 205 Å². The normalized spacial score (nSPS) is 14.9. The quantitative estimate of drug-likeness (QED) is 0.265. The molecule has 1 aliphatic heterocycles. The number of anilines is 1. The minimum absolute atomic E-state index is 0. The lowest BCUT2D eigenvalue weighted by Gasteiger charge is -2.29. The van der Waals surface area contributed by atoms with Crippen LogP contribution in [0.3, 0.4) is 0 Å². The topological polar surface area (TPSA) is 78.0 Å². The third-order valence-corrected chi connectivity index (χ3v) is 5.29. The average Bonchev–Trinajstić information content (AvgIpc) is 3.32. The van der Waals surface area contributed by atoms with E-state index in [1.807, 2.05) is 12.1 Å². The molecule has 1 heterocycles. The molecule has 2 aromatic carbocycles. The molecule has 0 saturated carbocycles. The zero-order chi connectivity index (χ0) is 22.1. The fourth-order valence-electron chi connectivity index (χ4n) is 3.68. The summed E-state index contributed by atoms with van der Waals surface area (Å²) >= 11 is 0. The van der Waals surface area contributed by atoms with Gasteiger partial charge in [0.25, 0.3) is 0 Å². The number of aliphatic imine (C=N–C) groups is 1. The van der Waals surface area contributed by atoms with Gasteiger partial charge in [-0.1, -0.05) is 12.1 Å². The van der Waals surface area contributed by atoms with Gasteiger partial charge in [-0.25, -0.2) is 4.39 Å². The second-order valence-electron chi connectivity index (χ2n) is 7.40. The number of guanidine groups is 1. The van der Waals surface area contributed by atoms with Gasteiger partial charge >= 0.3 is 0 Å². The SMILES string of the molecule is CN=C(NCC(=O)Nc1ccc(F)cc1)NCC(c1cccc(OC)c1)N1CCCC1.I. The van der Waals surface area contributed by atoms with Crippen molar-refractivity contribution in [3.05, 3.63) is 59.9 Å². The molecule has 1 amide bonds. The third kappa shape index (κ3) is 7.63. The molecule has 32 heavy (non-hydrogen) atoms. The van der Waals surface area contributed by atoms with Crippen LogP contribution in [0.2, 0.25) is 0 Å². The van der Waals surface area contributed by atoms with Crippen LogP contribution in [0.15, 0.2) is 53.5 Å². The van der Waals surface area contributed by atoms with Crippen LogP contribution in [0, 0.1) is 5.82 Å². The highest BCUT2D eigenvalue weighted by molar-refractivity contribution is 14.0. The standard InChI is InChI=1S/C23H30FN5O2.HI/c1-25-23(27-16-22(30)28-19-10-8-18(24)9-11-19)26-15-21(29-12-3-4-13-29)17-6-5-7-20(14-17)31-2;/h5-11,14,21H,3-4,12-13,15-16H2,1-2H3,(H,28,30)(H2,25,26,27);1H. The van der Waals surface area contributed by atoms with E-state index in [1.54, 1.807) is 14.2 Å². The van der Waals surface area contributed by atoms with Crippen molar-refractivity contribution in [2.75, 3.05) is 45.7 Å². The molecule has 3 rings (SSSR count). The number of hydrogen-bond acceptors (Lipinski definition) is 4. The summed E-state index contributed by atoms with van der Waals surface area (Å²) in [6.07, 6.45) is 2.38. The molecule has 0 bridgehead atoms. The molecule has 9 heteroatoms. The summed E-state index contributed by atoms with van der Waals surface area (Å²) in [6, 6.07) is 14.0. The molecule has 3 N–H and O–H groups in total. The Morgan fingerprint density at radius 3 is 2.53 bits per heavy atom. The second-order valence-corrected chi connectivity index (χ2v) is 7.40. The lowest BCUT2D eigenvalue weighted by molar-refractivity contribution is -0.115. The highest BCUT2D eigenvalue weighted by atomic mass is 127. The number of carbonyl (C=O) groups excluding carboxylic acids is 1. The molecule has 0 aromatic heterocycles. The smallest absolute Gasteiger partial charge is 0.243 e. The number of ether oxygens (including phenoxy) is 1. The van der Waals surface area contributed by atoms with E-state index in [0.717, 1.165) is 18.8 Å². The van der Waals surface area contributed by atoms with Crippen molar-refractivity contribution in [1.82, 2.24) is 15.5 Å². The Morgan fingerprint density at radius 2 is 1.88 bits per heavy atom. The van der Waals surface area contributed by atoms with Gasteiger partial charge in [0, 0.05) is 19.3 Å². The van der Waals surface area contributed by atoms with Crippen molar-refractivity contribution < 1.29 is 13.9 Å². The molecule has 1 saturated heterocycles. The molecule has 1 aliphatic rings. The summed E-state index contributed by atoms with van der Waals surface area (Å²) in [4.78, 5) is 18.9. The first kappa shape index (κ1) is 25.9. The summed E-state index contributed by atoms with van der Waals surface area (Å²) in [7, 11) is 3.34. The third-order valence-electron chi connectivity index (χ3n) is 5.29. The minimum atomic E-state index is -0.343. The van der Waals surface area contributed by atoms with Gasteiger partial charge in [-0.15, -0.1) is 24.0 Å². The number of rotatable bonds is 8. The molecule has 0 spiro atoms. The Morgan fingerprint density at radius 1 is 1.16 bits per heavy atom. The van der Waals surface area contributed by atoms with E-state index in [-0.39, 0.29) is 48.3 Å². The maximum Gasteiger partial charge on any atom is 0.243 e. The van der Waals surface area contributed by atoms with Crippen LogP contribution >= 0.6 is 24.0 Å². The van der Waals surface area contributed by atoms with E-state index < -0.39 is 0 Å². The molecule has 1 unspecified atom stereocenters. The Bertz CT molecular complexity index is 888. The van der Waals surface area contributed by atoms with Gasteiger partial charge in [-0.2, -0.15) is 0 Å². The van der Waals surface area contributed by atoms with E-state index in [2.05, 4.69) is 38.0 Å². The zero-order valence-electron chi connectivity index (χ0n) is 18.4. The number of amides is 1. The number of benzene rings is 2. The van der Waals surface area contributed by atoms with Crippen LogP contribution in [0.4, 0.5) is 10.1 Å². The predicted molar refractivity (Wildman–Crippen MR) is 136 cm³/mol. The average molecular weight is 555 g/mol. The van der Waals surface area contributed by atoms with E-state index in [1.165, 1.54) is 42.7 Å². The molecule has 2 aromatic rings. The summed E-state index contributed by atoms with van der Waals surface area (Å²) < 4.78 is 18.4. The number of carbonyl (C=O) groups is 1. The summed E-state index contributed by atoms with van der Waals surface area (Å²) in [5, 5.41) is 9.09. The van der Waals surface area contributed by atoms with Gasteiger partial charge in [0.15, 0.2) is 5.96 Å². The van der Waals surface area contributed by atoms with Crippen molar-refractivity contribution in [3.8, 4) is 5.75 Å². The fraction of sp³-hybridized carbons (Fsp3) is 0.391. The number of methoxy groups -OCH3 is 1. The maximum absolute atomic E-state index is 13.0. The summed E-state index contributed by atoms with van der Waals surface area (Å²) in [6.45, 7) is 2.79. The number of hydrogen-bond donors (Lipinski definition) is 3. The molecule has 0 radical (unpaired) electrons. The maximum atomic E-state index is 13.0. The van der Waals surface area contributed by atoms with Gasteiger partial charge in [0.2, 0.25) is 5.91 Å². The highest BCUT2D eigenvalue weighted by Crippen LogP contribution is 2.27. The molecule has 174 valence electrons. The van der Waals surface area contributed by atoms with Crippen molar-refractivity contribution in [3.63, 3.8) is 0 Å². The van der Waals surface area contributed by atoms with Crippen LogP contribution < -0.4 is 20.7 Å². The van der Waals surface area contributed by atoms with Crippen LogP contribution in [-0.4, -0.2) is 57.1 Å². The predicted octanol–water partition coefficient (Wildman–Crippen LogP) is 3.39. The van der Waals surface area contributed by atoms with Gasteiger partial charge in [0.1, 0.15) is 11.6 Å². The van der Waals surface area contributed by atoms with E-state index in [0.29, 0.717) is 18.2 Å². The van der Waals surface area contributed by atoms with E-state index in [4.69, 9.17) is 4.74 Å². The van der Waals surface area contributed by atoms with Crippen molar-refractivity contribution in [2.45, 2.75) is 18.9 Å². The molecule has 7 nitrogen and oxygen atoms in total. The van der Waals surface area contributed by atoms with E-state index in [9.17, 15) is 9.18 Å². The second kappa shape index (κ2) is 13.2. The molecular weight excluding hydrogens is 524 g/mol. The van der Waals surface area contributed by atoms with Crippen molar-refractivity contribution in [2.24, 2.45) is 4.99 Å². The lowest BCUT2D eigenvalue weighted by atomic mass is 10.1.